The third-order valence-corrected chi connectivity index (χ3v) is 5.59. The van der Waals surface area contributed by atoms with Crippen LogP contribution in [0.25, 0.3) is 0 Å². The molecular formula is C14H16IN3O2S. The first-order valence-electron chi connectivity index (χ1n) is 6.72. The highest BCUT2D eigenvalue weighted by Gasteiger charge is 2.21. The molecule has 7 heteroatoms. The highest BCUT2D eigenvalue weighted by Crippen LogP contribution is 2.22. The summed E-state index contributed by atoms with van der Waals surface area (Å²) in [7, 11) is -3.55. The lowest BCUT2D eigenvalue weighted by Gasteiger charge is -2.07. The second-order valence-corrected chi connectivity index (χ2v) is 7.95. The van der Waals surface area contributed by atoms with Crippen LogP contribution >= 0.6 is 22.6 Å². The quantitative estimate of drug-likeness (QED) is 0.633. The van der Waals surface area contributed by atoms with E-state index in [1.165, 1.54) is 19.0 Å². The van der Waals surface area contributed by atoms with Gasteiger partial charge in [-0.3, -0.25) is 4.72 Å². The summed E-state index contributed by atoms with van der Waals surface area (Å²) in [5.74, 6) is 0. The standard InChI is InChI=1S/C14H16IN3O2S/c15-13-3-1-2-4-14(13)18-21(19,20)12-7-11(17-9-12)8-16-10-5-6-10/h1-4,7,9-10,16-18H,5-6,8H2. The maximum absolute atomic E-state index is 12.4. The Labute approximate surface area is 137 Å². The Hall–Kier alpha value is -1.06. The van der Waals surface area contributed by atoms with Crippen molar-refractivity contribution in [3.63, 3.8) is 0 Å². The third kappa shape index (κ3) is 3.78. The molecule has 112 valence electrons. The number of aromatic nitrogens is 1. The summed E-state index contributed by atoms with van der Waals surface area (Å²) in [6, 6.07) is 9.56. The molecule has 0 unspecified atom stereocenters. The van der Waals surface area contributed by atoms with Crippen LogP contribution in [0.5, 0.6) is 0 Å². The van der Waals surface area contributed by atoms with Gasteiger partial charge >= 0.3 is 0 Å². The Bertz CT molecular complexity index is 738. The fourth-order valence-electron chi connectivity index (χ4n) is 1.97. The van der Waals surface area contributed by atoms with Crippen molar-refractivity contribution in [3.05, 3.63) is 45.8 Å². The number of anilines is 1. The van der Waals surface area contributed by atoms with E-state index in [1.54, 1.807) is 12.1 Å². The molecule has 1 heterocycles. The van der Waals surface area contributed by atoms with Crippen LogP contribution in [0.1, 0.15) is 18.5 Å². The Morgan fingerprint density at radius 1 is 1.29 bits per heavy atom. The summed E-state index contributed by atoms with van der Waals surface area (Å²) in [6.07, 6.45) is 3.95. The monoisotopic (exact) mass is 417 g/mol. The van der Waals surface area contributed by atoms with Crippen molar-refractivity contribution < 1.29 is 8.42 Å². The maximum atomic E-state index is 12.4. The van der Waals surface area contributed by atoms with Gasteiger partial charge in [-0.15, -0.1) is 0 Å². The molecule has 0 aliphatic heterocycles. The summed E-state index contributed by atoms with van der Waals surface area (Å²) < 4.78 is 28.2. The molecule has 21 heavy (non-hydrogen) atoms. The number of halogens is 1. The number of benzene rings is 1. The Morgan fingerprint density at radius 3 is 2.76 bits per heavy atom. The minimum atomic E-state index is -3.55. The number of para-hydroxylation sites is 1. The molecule has 0 spiro atoms. The van der Waals surface area contributed by atoms with E-state index in [0.717, 1.165) is 9.26 Å². The van der Waals surface area contributed by atoms with E-state index in [2.05, 4.69) is 37.6 Å². The highest BCUT2D eigenvalue weighted by molar-refractivity contribution is 14.1. The van der Waals surface area contributed by atoms with Gasteiger partial charge in [-0.2, -0.15) is 0 Å². The van der Waals surface area contributed by atoms with Crippen molar-refractivity contribution in [3.8, 4) is 0 Å². The van der Waals surface area contributed by atoms with E-state index in [-0.39, 0.29) is 4.90 Å². The average Bonchev–Trinajstić information content (AvgIpc) is 3.15. The summed E-state index contributed by atoms with van der Waals surface area (Å²) >= 11 is 2.11. The number of hydrogen-bond donors (Lipinski definition) is 3. The van der Waals surface area contributed by atoms with E-state index in [0.29, 0.717) is 18.3 Å². The molecule has 3 rings (SSSR count). The van der Waals surface area contributed by atoms with Gasteiger partial charge in [-0.25, -0.2) is 8.42 Å². The molecular weight excluding hydrogens is 401 g/mol. The molecule has 1 aromatic carbocycles. The van der Waals surface area contributed by atoms with Crippen LogP contribution in [-0.2, 0) is 16.6 Å². The van der Waals surface area contributed by atoms with Crippen LogP contribution < -0.4 is 10.0 Å². The fraction of sp³-hybridized carbons (Fsp3) is 0.286. The molecule has 1 fully saturated rings. The normalized spacial score (nSPS) is 15.1. The molecule has 1 saturated carbocycles. The number of rotatable bonds is 6. The average molecular weight is 417 g/mol. The largest absolute Gasteiger partial charge is 0.363 e. The molecule has 0 radical (unpaired) electrons. The van der Waals surface area contributed by atoms with Gasteiger partial charge in [0.1, 0.15) is 4.90 Å². The van der Waals surface area contributed by atoms with Crippen molar-refractivity contribution in [2.24, 2.45) is 0 Å². The lowest BCUT2D eigenvalue weighted by molar-refractivity contribution is 0.601. The lowest BCUT2D eigenvalue weighted by atomic mass is 10.3. The van der Waals surface area contributed by atoms with E-state index in [9.17, 15) is 8.42 Å². The summed E-state index contributed by atoms with van der Waals surface area (Å²) in [5.41, 5.74) is 1.47. The minimum Gasteiger partial charge on any atom is -0.363 e. The van der Waals surface area contributed by atoms with Crippen LogP contribution in [0.4, 0.5) is 5.69 Å². The van der Waals surface area contributed by atoms with Crippen molar-refractivity contribution in [2.45, 2.75) is 30.3 Å². The molecule has 0 amide bonds. The second kappa shape index (κ2) is 5.98. The highest BCUT2D eigenvalue weighted by atomic mass is 127. The van der Waals surface area contributed by atoms with E-state index in [1.807, 2.05) is 18.2 Å². The van der Waals surface area contributed by atoms with E-state index >= 15 is 0 Å². The summed E-state index contributed by atoms with van der Waals surface area (Å²) in [5, 5.41) is 3.35. The van der Waals surface area contributed by atoms with Crippen LogP contribution in [0.15, 0.2) is 41.4 Å². The molecule has 0 atom stereocenters. The van der Waals surface area contributed by atoms with Gasteiger partial charge in [0.05, 0.1) is 5.69 Å². The molecule has 5 nitrogen and oxygen atoms in total. The maximum Gasteiger partial charge on any atom is 0.263 e. The molecule has 2 aromatic rings. The lowest BCUT2D eigenvalue weighted by Crippen LogP contribution is -2.15. The minimum absolute atomic E-state index is 0.259. The van der Waals surface area contributed by atoms with Crippen LogP contribution in [0.2, 0.25) is 0 Å². The third-order valence-electron chi connectivity index (χ3n) is 3.30. The van der Waals surface area contributed by atoms with Crippen LogP contribution in [0, 0.1) is 3.57 Å². The van der Waals surface area contributed by atoms with Crippen LogP contribution in [-0.4, -0.2) is 19.4 Å². The Morgan fingerprint density at radius 2 is 2.05 bits per heavy atom. The zero-order chi connectivity index (χ0) is 14.9. The van der Waals surface area contributed by atoms with Gasteiger partial charge in [0.25, 0.3) is 10.0 Å². The Balaban J connectivity index is 1.73. The first kappa shape index (κ1) is 14.9. The van der Waals surface area contributed by atoms with Crippen molar-refractivity contribution in [1.29, 1.82) is 0 Å². The first-order chi connectivity index (χ1) is 10.0. The number of H-pyrrole nitrogens is 1. The zero-order valence-electron chi connectivity index (χ0n) is 11.3. The summed E-state index contributed by atoms with van der Waals surface area (Å²) in [6.45, 7) is 0.670. The number of hydrogen-bond acceptors (Lipinski definition) is 3. The number of sulfonamides is 1. The predicted octanol–water partition coefficient (Wildman–Crippen LogP) is 2.67. The van der Waals surface area contributed by atoms with Gasteiger partial charge < -0.3 is 10.3 Å². The van der Waals surface area contributed by atoms with Gasteiger partial charge in [-0.1, -0.05) is 12.1 Å². The molecule has 0 bridgehead atoms. The molecule has 0 saturated heterocycles. The van der Waals surface area contributed by atoms with Crippen molar-refractivity contribution >= 4 is 38.3 Å². The number of aromatic amines is 1. The number of nitrogens with one attached hydrogen (secondary N) is 3. The SMILES string of the molecule is O=S(=O)(Nc1ccccc1I)c1c[nH]c(CNC2CC2)c1. The van der Waals surface area contributed by atoms with Gasteiger partial charge in [-0.05, 0) is 53.6 Å². The molecule has 3 N–H and O–H groups in total. The van der Waals surface area contributed by atoms with Gasteiger partial charge in [0.15, 0.2) is 0 Å². The molecule has 1 aromatic heterocycles. The zero-order valence-corrected chi connectivity index (χ0v) is 14.2. The van der Waals surface area contributed by atoms with E-state index < -0.39 is 10.0 Å². The van der Waals surface area contributed by atoms with Crippen molar-refractivity contribution in [2.75, 3.05) is 4.72 Å². The van der Waals surface area contributed by atoms with Crippen molar-refractivity contribution in [1.82, 2.24) is 10.3 Å². The first-order valence-corrected chi connectivity index (χ1v) is 9.29. The van der Waals surface area contributed by atoms with Crippen LogP contribution in [0.3, 0.4) is 0 Å². The topological polar surface area (TPSA) is 74.0 Å². The smallest absolute Gasteiger partial charge is 0.263 e. The summed E-state index contributed by atoms with van der Waals surface area (Å²) in [4.78, 5) is 3.27. The fourth-order valence-corrected chi connectivity index (χ4v) is 3.77. The predicted molar refractivity (Wildman–Crippen MR) is 90.6 cm³/mol. The Kier molecular flexibility index (Phi) is 4.23. The molecule has 1 aliphatic rings. The second-order valence-electron chi connectivity index (χ2n) is 5.10. The van der Waals surface area contributed by atoms with Gasteiger partial charge in [0, 0.05) is 28.0 Å². The van der Waals surface area contributed by atoms with E-state index in [4.69, 9.17) is 0 Å². The molecule has 1 aliphatic carbocycles. The van der Waals surface area contributed by atoms with Gasteiger partial charge in [0.2, 0.25) is 0 Å².